The summed E-state index contributed by atoms with van der Waals surface area (Å²) in [7, 11) is 3.13. The van der Waals surface area contributed by atoms with Crippen molar-refractivity contribution in [3.8, 4) is 11.5 Å². The van der Waals surface area contributed by atoms with Crippen LogP contribution in [0.1, 0.15) is 18.9 Å². The van der Waals surface area contributed by atoms with Crippen molar-refractivity contribution in [2.75, 3.05) is 20.8 Å². The highest BCUT2D eigenvalue weighted by Gasteiger charge is 2.11. The molecule has 0 radical (unpaired) electrons. The minimum absolute atomic E-state index is 0.0943. The second kappa shape index (κ2) is 7.46. The van der Waals surface area contributed by atoms with E-state index in [-0.39, 0.29) is 12.6 Å². The second-order valence-corrected chi connectivity index (χ2v) is 4.39. The Morgan fingerprint density at radius 1 is 1.33 bits per heavy atom. The van der Waals surface area contributed by atoms with Crippen LogP contribution in [0.15, 0.2) is 12.1 Å². The number of ether oxygens (including phenoxy) is 2. The van der Waals surface area contributed by atoms with Gasteiger partial charge in [0.2, 0.25) is 0 Å². The summed E-state index contributed by atoms with van der Waals surface area (Å²) in [4.78, 5) is 0. The fraction of sp³-hybridized carbons (Fsp3) is 0.538. The quantitative estimate of drug-likeness (QED) is 0.800. The Labute approximate surface area is 113 Å². The maximum atomic E-state index is 9.11. The summed E-state index contributed by atoms with van der Waals surface area (Å²) in [6, 6.07) is 3.80. The molecule has 0 fully saturated rings. The molecule has 0 amide bonds. The topological polar surface area (TPSA) is 50.7 Å². The minimum Gasteiger partial charge on any atom is -0.493 e. The van der Waals surface area contributed by atoms with Gasteiger partial charge >= 0.3 is 0 Å². The lowest BCUT2D eigenvalue weighted by atomic mass is 10.1. The molecule has 1 unspecified atom stereocenters. The summed E-state index contributed by atoms with van der Waals surface area (Å²) >= 11 is 6.11. The third kappa shape index (κ3) is 3.77. The zero-order valence-electron chi connectivity index (χ0n) is 11.0. The standard InChI is InChI=1S/C13H20ClNO3/c1-4-10(8-16)15-7-9-5-11(14)13(18-3)12(6-9)17-2/h5-6,10,15-16H,4,7-8H2,1-3H3. The van der Waals surface area contributed by atoms with E-state index in [1.807, 2.05) is 19.1 Å². The Bertz CT molecular complexity index is 381. The van der Waals surface area contributed by atoms with Crippen LogP contribution in [0.2, 0.25) is 5.02 Å². The molecule has 0 saturated carbocycles. The highest BCUT2D eigenvalue weighted by molar-refractivity contribution is 6.32. The van der Waals surface area contributed by atoms with Gasteiger partial charge in [-0.25, -0.2) is 0 Å². The van der Waals surface area contributed by atoms with Crippen LogP contribution in [0, 0.1) is 0 Å². The summed E-state index contributed by atoms with van der Waals surface area (Å²) in [6.07, 6.45) is 0.873. The molecular formula is C13H20ClNO3. The lowest BCUT2D eigenvalue weighted by molar-refractivity contribution is 0.238. The predicted octanol–water partition coefficient (Wildman–Crippen LogP) is 2.22. The molecule has 4 nitrogen and oxygen atoms in total. The van der Waals surface area contributed by atoms with Gasteiger partial charge in [0, 0.05) is 12.6 Å². The van der Waals surface area contributed by atoms with E-state index in [0.29, 0.717) is 23.1 Å². The van der Waals surface area contributed by atoms with Crippen molar-refractivity contribution in [2.24, 2.45) is 0 Å². The molecule has 1 aromatic carbocycles. The van der Waals surface area contributed by atoms with Gasteiger partial charge in [0.25, 0.3) is 0 Å². The largest absolute Gasteiger partial charge is 0.493 e. The molecule has 5 heteroatoms. The van der Waals surface area contributed by atoms with Gasteiger partial charge in [-0.05, 0) is 24.1 Å². The Morgan fingerprint density at radius 3 is 2.56 bits per heavy atom. The average molecular weight is 274 g/mol. The lowest BCUT2D eigenvalue weighted by Crippen LogP contribution is -2.31. The Kier molecular flexibility index (Phi) is 6.25. The summed E-state index contributed by atoms with van der Waals surface area (Å²) < 4.78 is 10.4. The lowest BCUT2D eigenvalue weighted by Gasteiger charge is -2.16. The van der Waals surface area contributed by atoms with E-state index in [9.17, 15) is 0 Å². The Balaban J connectivity index is 2.81. The van der Waals surface area contributed by atoms with Crippen molar-refractivity contribution in [1.82, 2.24) is 5.32 Å². The smallest absolute Gasteiger partial charge is 0.179 e. The number of nitrogens with one attached hydrogen (secondary N) is 1. The first-order chi connectivity index (χ1) is 8.65. The van der Waals surface area contributed by atoms with E-state index in [0.717, 1.165) is 12.0 Å². The molecule has 0 aliphatic rings. The van der Waals surface area contributed by atoms with Crippen LogP contribution >= 0.6 is 11.6 Å². The molecule has 0 aliphatic carbocycles. The van der Waals surface area contributed by atoms with Gasteiger partial charge in [0.15, 0.2) is 11.5 Å². The van der Waals surface area contributed by atoms with Gasteiger partial charge in [-0.2, -0.15) is 0 Å². The third-order valence-electron chi connectivity index (χ3n) is 2.80. The van der Waals surface area contributed by atoms with Crippen LogP contribution in [0.3, 0.4) is 0 Å². The van der Waals surface area contributed by atoms with E-state index < -0.39 is 0 Å². The Morgan fingerprint density at radius 2 is 2.06 bits per heavy atom. The van der Waals surface area contributed by atoms with Crippen LogP contribution < -0.4 is 14.8 Å². The number of halogens is 1. The molecule has 0 aromatic heterocycles. The summed E-state index contributed by atoms with van der Waals surface area (Å²) in [5, 5.41) is 12.9. The second-order valence-electron chi connectivity index (χ2n) is 3.98. The predicted molar refractivity (Wildman–Crippen MR) is 72.6 cm³/mol. The van der Waals surface area contributed by atoms with E-state index in [2.05, 4.69) is 5.32 Å². The van der Waals surface area contributed by atoms with Crippen molar-refractivity contribution < 1.29 is 14.6 Å². The molecule has 1 rings (SSSR count). The van der Waals surface area contributed by atoms with E-state index in [1.54, 1.807) is 14.2 Å². The third-order valence-corrected chi connectivity index (χ3v) is 3.08. The average Bonchev–Trinajstić information content (AvgIpc) is 2.39. The fourth-order valence-corrected chi connectivity index (χ4v) is 1.98. The van der Waals surface area contributed by atoms with E-state index >= 15 is 0 Å². The first-order valence-corrected chi connectivity index (χ1v) is 6.28. The summed E-state index contributed by atoms with van der Waals surface area (Å²) in [6.45, 7) is 2.77. The maximum Gasteiger partial charge on any atom is 0.179 e. The van der Waals surface area contributed by atoms with E-state index in [4.69, 9.17) is 26.2 Å². The van der Waals surface area contributed by atoms with Crippen molar-refractivity contribution in [3.63, 3.8) is 0 Å². The SMILES string of the molecule is CCC(CO)NCc1cc(Cl)c(OC)c(OC)c1. The Hall–Kier alpha value is -0.970. The van der Waals surface area contributed by atoms with Crippen molar-refractivity contribution in [2.45, 2.75) is 25.9 Å². The molecule has 102 valence electrons. The van der Waals surface area contributed by atoms with Gasteiger partial charge in [0.1, 0.15) is 0 Å². The van der Waals surface area contributed by atoms with Crippen LogP contribution in [0.25, 0.3) is 0 Å². The van der Waals surface area contributed by atoms with E-state index in [1.165, 1.54) is 0 Å². The monoisotopic (exact) mass is 273 g/mol. The van der Waals surface area contributed by atoms with Crippen molar-refractivity contribution >= 4 is 11.6 Å². The number of hydrogen-bond acceptors (Lipinski definition) is 4. The van der Waals surface area contributed by atoms with Crippen LogP contribution in [0.5, 0.6) is 11.5 Å². The van der Waals surface area contributed by atoms with Crippen molar-refractivity contribution in [1.29, 1.82) is 0 Å². The molecule has 0 aliphatic heterocycles. The van der Waals surface area contributed by atoms with Gasteiger partial charge in [0.05, 0.1) is 25.8 Å². The number of hydrogen-bond donors (Lipinski definition) is 2. The number of benzene rings is 1. The molecule has 18 heavy (non-hydrogen) atoms. The molecule has 0 heterocycles. The highest BCUT2D eigenvalue weighted by atomic mass is 35.5. The molecule has 0 spiro atoms. The van der Waals surface area contributed by atoms with Crippen molar-refractivity contribution in [3.05, 3.63) is 22.7 Å². The molecular weight excluding hydrogens is 254 g/mol. The molecule has 1 aromatic rings. The first kappa shape index (κ1) is 15.1. The van der Waals surface area contributed by atoms with Crippen LogP contribution in [0.4, 0.5) is 0 Å². The minimum atomic E-state index is 0.0943. The van der Waals surface area contributed by atoms with Crippen LogP contribution in [-0.4, -0.2) is 32.0 Å². The molecule has 1 atom stereocenters. The molecule has 0 bridgehead atoms. The maximum absolute atomic E-state index is 9.11. The number of aliphatic hydroxyl groups excluding tert-OH is 1. The van der Waals surface area contributed by atoms with Gasteiger partial charge in [-0.3, -0.25) is 0 Å². The zero-order chi connectivity index (χ0) is 13.5. The number of aliphatic hydroxyl groups is 1. The van der Waals surface area contributed by atoms with Crippen LogP contribution in [-0.2, 0) is 6.54 Å². The molecule has 2 N–H and O–H groups in total. The summed E-state index contributed by atoms with van der Waals surface area (Å²) in [5.41, 5.74) is 0.990. The van der Waals surface area contributed by atoms with Gasteiger partial charge in [-0.15, -0.1) is 0 Å². The molecule has 0 saturated heterocycles. The fourth-order valence-electron chi connectivity index (χ4n) is 1.67. The zero-order valence-corrected chi connectivity index (χ0v) is 11.8. The first-order valence-electron chi connectivity index (χ1n) is 5.90. The van der Waals surface area contributed by atoms with Gasteiger partial charge in [-0.1, -0.05) is 18.5 Å². The number of rotatable bonds is 7. The normalized spacial score (nSPS) is 12.3. The highest BCUT2D eigenvalue weighted by Crippen LogP contribution is 2.35. The summed E-state index contributed by atoms with van der Waals surface area (Å²) in [5.74, 6) is 1.15. The number of methoxy groups -OCH3 is 2. The van der Waals surface area contributed by atoms with Gasteiger partial charge < -0.3 is 19.9 Å².